The van der Waals surface area contributed by atoms with Crippen LogP contribution in [0.4, 0.5) is 0 Å². The summed E-state index contributed by atoms with van der Waals surface area (Å²) < 4.78 is 12.2. The number of terminal acetylenes is 1. The summed E-state index contributed by atoms with van der Waals surface area (Å²) in [4.78, 5) is 0. The third-order valence-corrected chi connectivity index (χ3v) is 10.2. The molecular weight excluding hydrogens is 372 g/mol. The lowest BCUT2D eigenvalue weighted by atomic mass is 9.44. The van der Waals surface area contributed by atoms with E-state index >= 15 is 0 Å². The second kappa shape index (κ2) is 8.42. The van der Waals surface area contributed by atoms with Gasteiger partial charge in [-0.15, -0.1) is 6.42 Å². The number of aliphatic hydroxyl groups is 1. The molecule has 0 aliphatic heterocycles. The summed E-state index contributed by atoms with van der Waals surface area (Å²) in [7, 11) is 0. The number of ether oxygens (including phenoxy) is 2. The quantitative estimate of drug-likeness (QED) is 0.331. The van der Waals surface area contributed by atoms with Gasteiger partial charge in [-0.25, -0.2) is 0 Å². The predicted molar refractivity (Wildman–Crippen MR) is 121 cm³/mol. The summed E-state index contributed by atoms with van der Waals surface area (Å²) in [6.45, 7) is 9.94. The Morgan fingerprint density at radius 1 is 1.07 bits per heavy atom. The van der Waals surface area contributed by atoms with E-state index in [0.717, 1.165) is 62.9 Å². The Hall–Kier alpha value is -0.560. The molecule has 0 aromatic heterocycles. The molecule has 0 spiro atoms. The van der Waals surface area contributed by atoms with Gasteiger partial charge in [-0.3, -0.25) is 0 Å². The maximum atomic E-state index is 11.2. The summed E-state index contributed by atoms with van der Waals surface area (Å²) >= 11 is 0. The molecule has 30 heavy (non-hydrogen) atoms. The van der Waals surface area contributed by atoms with Gasteiger partial charge in [0.25, 0.3) is 0 Å². The van der Waals surface area contributed by atoms with E-state index in [1.165, 1.54) is 32.1 Å². The molecule has 0 aromatic rings. The van der Waals surface area contributed by atoms with Gasteiger partial charge in [0.1, 0.15) is 5.60 Å². The van der Waals surface area contributed by atoms with Crippen LogP contribution in [-0.2, 0) is 9.47 Å². The van der Waals surface area contributed by atoms with E-state index in [0.29, 0.717) is 17.4 Å². The molecule has 0 saturated heterocycles. The highest BCUT2D eigenvalue weighted by atomic mass is 16.7. The van der Waals surface area contributed by atoms with Crippen molar-refractivity contribution in [2.24, 2.45) is 34.5 Å². The van der Waals surface area contributed by atoms with Crippen molar-refractivity contribution in [3.8, 4) is 12.3 Å². The predicted octanol–water partition coefficient (Wildman–Crippen LogP) is 5.94. The van der Waals surface area contributed by atoms with Crippen LogP contribution in [0.1, 0.15) is 98.3 Å². The first-order valence-corrected chi connectivity index (χ1v) is 12.7. The van der Waals surface area contributed by atoms with Crippen molar-refractivity contribution in [2.45, 2.75) is 116 Å². The highest BCUT2D eigenvalue weighted by Gasteiger charge is 2.64. The molecule has 3 nitrogen and oxygen atoms in total. The Kier molecular flexibility index (Phi) is 6.35. The molecule has 1 unspecified atom stereocenters. The molecule has 0 bridgehead atoms. The Morgan fingerprint density at radius 3 is 2.57 bits per heavy atom. The maximum Gasteiger partial charge on any atom is 0.155 e. The highest BCUT2D eigenvalue weighted by Crippen LogP contribution is 2.68. The largest absolute Gasteiger partial charge is 0.377 e. The summed E-state index contributed by atoms with van der Waals surface area (Å²) in [5.41, 5.74) is -0.551. The molecule has 3 heteroatoms. The average molecular weight is 417 g/mol. The van der Waals surface area contributed by atoms with E-state index in [1.807, 2.05) is 0 Å². The zero-order valence-corrected chi connectivity index (χ0v) is 19.8. The smallest absolute Gasteiger partial charge is 0.155 e. The van der Waals surface area contributed by atoms with Crippen molar-refractivity contribution >= 4 is 0 Å². The minimum atomic E-state index is -0.889. The number of rotatable bonds is 6. The first-order valence-electron chi connectivity index (χ1n) is 12.7. The van der Waals surface area contributed by atoms with Crippen molar-refractivity contribution in [1.29, 1.82) is 0 Å². The van der Waals surface area contributed by atoms with E-state index in [-0.39, 0.29) is 11.7 Å². The van der Waals surface area contributed by atoms with Crippen molar-refractivity contribution in [1.82, 2.24) is 0 Å². The van der Waals surface area contributed by atoms with Crippen LogP contribution in [0.5, 0.6) is 0 Å². The molecule has 1 N–H and O–H groups in total. The number of hydrogen-bond donors (Lipinski definition) is 1. The first-order chi connectivity index (χ1) is 14.3. The minimum Gasteiger partial charge on any atom is -0.377 e. The van der Waals surface area contributed by atoms with Crippen LogP contribution in [0.2, 0.25) is 0 Å². The van der Waals surface area contributed by atoms with Gasteiger partial charge in [0.2, 0.25) is 0 Å². The second-order valence-corrected chi connectivity index (χ2v) is 11.5. The van der Waals surface area contributed by atoms with Gasteiger partial charge in [-0.1, -0.05) is 33.1 Å². The van der Waals surface area contributed by atoms with Crippen LogP contribution < -0.4 is 0 Å². The van der Waals surface area contributed by atoms with Gasteiger partial charge >= 0.3 is 0 Å². The standard InChI is InChI=1S/C27H44O3/c1-6-8-17-29-19(3)30-21-11-14-25(4)20(18-21)9-10-22-23(25)12-15-26(5)24(22)13-16-27(26,28)7-2/h2,19-24,28H,6,8-18H2,1,3-5H3/t19?,20-,21+,22-,23+,24+,25+,26+,27+/m1/s1. The summed E-state index contributed by atoms with van der Waals surface area (Å²) in [6.07, 6.45) is 18.8. The third-order valence-electron chi connectivity index (χ3n) is 10.2. The minimum absolute atomic E-state index is 0.0856. The Morgan fingerprint density at radius 2 is 1.83 bits per heavy atom. The van der Waals surface area contributed by atoms with Gasteiger partial charge in [-0.05, 0) is 100 Å². The van der Waals surface area contributed by atoms with Gasteiger partial charge in [-0.2, -0.15) is 0 Å². The topological polar surface area (TPSA) is 38.7 Å². The number of unbranched alkanes of at least 4 members (excludes halogenated alkanes) is 1. The molecule has 4 saturated carbocycles. The van der Waals surface area contributed by atoms with E-state index in [2.05, 4.69) is 33.6 Å². The van der Waals surface area contributed by atoms with E-state index in [4.69, 9.17) is 15.9 Å². The highest BCUT2D eigenvalue weighted by molar-refractivity contribution is 5.23. The molecule has 4 rings (SSSR count). The zero-order valence-electron chi connectivity index (χ0n) is 19.8. The van der Waals surface area contributed by atoms with Crippen molar-refractivity contribution in [3.05, 3.63) is 0 Å². The Labute approximate surface area is 184 Å². The van der Waals surface area contributed by atoms with Crippen LogP contribution >= 0.6 is 0 Å². The van der Waals surface area contributed by atoms with E-state index in [9.17, 15) is 5.11 Å². The fourth-order valence-electron chi connectivity index (χ4n) is 8.30. The van der Waals surface area contributed by atoms with Gasteiger partial charge in [0, 0.05) is 12.0 Å². The second-order valence-electron chi connectivity index (χ2n) is 11.5. The van der Waals surface area contributed by atoms with Crippen LogP contribution in [0.25, 0.3) is 0 Å². The average Bonchev–Trinajstić information content (AvgIpc) is 3.00. The molecule has 0 radical (unpaired) electrons. The van der Waals surface area contributed by atoms with Gasteiger partial charge < -0.3 is 14.6 Å². The van der Waals surface area contributed by atoms with Crippen LogP contribution in [0.15, 0.2) is 0 Å². The Balaban J connectivity index is 1.41. The monoisotopic (exact) mass is 416 g/mol. The molecule has 0 heterocycles. The molecule has 0 aromatic carbocycles. The lowest BCUT2D eigenvalue weighted by molar-refractivity contribution is -0.195. The van der Waals surface area contributed by atoms with Crippen molar-refractivity contribution in [3.63, 3.8) is 0 Å². The van der Waals surface area contributed by atoms with E-state index < -0.39 is 5.60 Å². The molecule has 9 atom stereocenters. The maximum absolute atomic E-state index is 11.2. The molecule has 170 valence electrons. The van der Waals surface area contributed by atoms with Crippen LogP contribution in [0, 0.1) is 46.8 Å². The van der Waals surface area contributed by atoms with Crippen molar-refractivity contribution < 1.29 is 14.6 Å². The molecule has 4 aliphatic carbocycles. The SMILES string of the molecule is C#C[C@]1(O)CC[C@H]2[C@@H]3CC[C@@H]4C[C@@H](OC(C)OCCCC)CC[C@]4(C)[C@H]3CC[C@@]21C. The Bertz CT molecular complexity index is 655. The normalized spacial score (nSPS) is 48.9. The van der Waals surface area contributed by atoms with Gasteiger partial charge in [0.05, 0.1) is 6.10 Å². The van der Waals surface area contributed by atoms with E-state index in [1.54, 1.807) is 0 Å². The fraction of sp³-hybridized carbons (Fsp3) is 0.926. The summed E-state index contributed by atoms with van der Waals surface area (Å²) in [5, 5.41) is 11.2. The first kappa shape index (κ1) is 22.6. The number of fused-ring (bicyclic) bond motifs is 5. The van der Waals surface area contributed by atoms with Crippen LogP contribution in [0.3, 0.4) is 0 Å². The molecule has 0 amide bonds. The van der Waals surface area contributed by atoms with Crippen LogP contribution in [-0.4, -0.2) is 29.7 Å². The van der Waals surface area contributed by atoms with Gasteiger partial charge in [0.15, 0.2) is 6.29 Å². The lowest BCUT2D eigenvalue weighted by Crippen LogP contribution is -2.56. The van der Waals surface area contributed by atoms with Crippen molar-refractivity contribution in [2.75, 3.05) is 6.61 Å². The summed E-state index contributed by atoms with van der Waals surface area (Å²) in [6, 6.07) is 0. The lowest BCUT2D eigenvalue weighted by Gasteiger charge is -2.61. The third kappa shape index (κ3) is 3.56. The molecule has 4 fully saturated rings. The molecule has 4 aliphatic rings. The number of hydrogen-bond acceptors (Lipinski definition) is 3. The summed E-state index contributed by atoms with van der Waals surface area (Å²) in [5.74, 6) is 5.69. The fourth-order valence-corrected chi connectivity index (χ4v) is 8.30. The molecular formula is C27H44O3. The zero-order chi connectivity index (χ0) is 21.6.